The van der Waals surface area contributed by atoms with Gasteiger partial charge in [-0.05, 0) is 0 Å². The van der Waals surface area contributed by atoms with Gasteiger partial charge < -0.3 is 9.47 Å². The van der Waals surface area contributed by atoms with E-state index in [2.05, 4.69) is 19.6 Å². The van der Waals surface area contributed by atoms with Gasteiger partial charge in [0.2, 0.25) is 20.0 Å². The number of ether oxygens (including phenoxy) is 2. The van der Waals surface area contributed by atoms with Crippen LogP contribution in [0.2, 0.25) is 0 Å². The minimum Gasteiger partial charge on any atom is -0.465 e. The Morgan fingerprint density at radius 2 is 1.23 bits per heavy atom. The van der Waals surface area contributed by atoms with Crippen LogP contribution in [0.5, 0.6) is 0 Å². The van der Waals surface area contributed by atoms with Crippen LogP contribution in [-0.4, -0.2) is 74.6 Å². The number of esters is 2. The molecular weight excluding hydrogens is 456 g/mol. The molecule has 2 aromatic rings. The van der Waals surface area contributed by atoms with Crippen molar-refractivity contribution < 1.29 is 35.9 Å². The molecule has 2 N–H and O–H groups in total. The summed E-state index contributed by atoms with van der Waals surface area (Å²) >= 11 is 0. The SMILES string of the molecule is Cn1cc(S(=O)(=O)NCC(=O)OCCCOC(=O)CNS(=O)(=O)c2cnn(C)c2)cn1. The number of carbonyl (C=O) groups is 2. The van der Waals surface area contributed by atoms with E-state index in [1.165, 1.54) is 21.8 Å². The molecule has 2 aromatic heterocycles. The van der Waals surface area contributed by atoms with Gasteiger partial charge in [-0.3, -0.25) is 19.0 Å². The molecule has 0 saturated heterocycles. The number of nitrogens with zero attached hydrogens (tertiary/aromatic N) is 4. The maximum absolute atomic E-state index is 11.9. The van der Waals surface area contributed by atoms with Crippen molar-refractivity contribution in [1.29, 1.82) is 0 Å². The molecule has 0 fully saturated rings. The summed E-state index contributed by atoms with van der Waals surface area (Å²) in [5.74, 6) is -1.63. The molecule has 0 amide bonds. The highest BCUT2D eigenvalue weighted by molar-refractivity contribution is 7.89. The molecule has 2 rings (SSSR count). The molecule has 16 heteroatoms. The summed E-state index contributed by atoms with van der Waals surface area (Å²) in [6.45, 7) is -1.40. The summed E-state index contributed by atoms with van der Waals surface area (Å²) in [6, 6.07) is 0. The molecule has 0 spiro atoms. The minimum absolute atomic E-state index is 0.0890. The molecule has 0 aromatic carbocycles. The number of sulfonamides is 2. The molecule has 0 aliphatic heterocycles. The zero-order chi connectivity index (χ0) is 23.1. The smallest absolute Gasteiger partial charge is 0.321 e. The Hall–Kier alpha value is -2.82. The monoisotopic (exact) mass is 478 g/mol. The molecule has 0 bridgehead atoms. The van der Waals surface area contributed by atoms with Gasteiger partial charge in [0.05, 0.1) is 25.6 Å². The van der Waals surface area contributed by atoms with Gasteiger partial charge in [0.15, 0.2) is 0 Å². The van der Waals surface area contributed by atoms with Gasteiger partial charge in [-0.2, -0.15) is 19.6 Å². The van der Waals surface area contributed by atoms with Crippen molar-refractivity contribution in [1.82, 2.24) is 29.0 Å². The topological polar surface area (TPSA) is 181 Å². The van der Waals surface area contributed by atoms with Crippen molar-refractivity contribution in [3.05, 3.63) is 24.8 Å². The number of carbonyl (C=O) groups excluding carboxylic acids is 2. The normalized spacial score (nSPS) is 11.9. The highest BCUT2D eigenvalue weighted by Gasteiger charge is 2.19. The van der Waals surface area contributed by atoms with Crippen LogP contribution >= 0.6 is 0 Å². The van der Waals surface area contributed by atoms with E-state index in [0.717, 1.165) is 12.4 Å². The predicted octanol–water partition coefficient (Wildman–Crippen LogP) is -2.11. The van der Waals surface area contributed by atoms with E-state index in [1.807, 2.05) is 0 Å². The van der Waals surface area contributed by atoms with Crippen LogP contribution in [0.3, 0.4) is 0 Å². The molecule has 0 saturated carbocycles. The predicted molar refractivity (Wildman–Crippen MR) is 103 cm³/mol. The third kappa shape index (κ3) is 7.74. The second-order valence-electron chi connectivity index (χ2n) is 6.14. The summed E-state index contributed by atoms with van der Waals surface area (Å²) in [6.07, 6.45) is 4.97. The highest BCUT2D eigenvalue weighted by Crippen LogP contribution is 2.06. The van der Waals surface area contributed by atoms with E-state index in [-0.39, 0.29) is 29.4 Å². The Morgan fingerprint density at radius 3 is 1.55 bits per heavy atom. The maximum atomic E-state index is 11.9. The quantitative estimate of drug-likeness (QED) is 0.253. The Labute approximate surface area is 178 Å². The van der Waals surface area contributed by atoms with Gasteiger partial charge in [-0.15, -0.1) is 0 Å². The fraction of sp³-hybridized carbons (Fsp3) is 0.467. The van der Waals surface area contributed by atoms with E-state index >= 15 is 0 Å². The summed E-state index contributed by atoms with van der Waals surface area (Å²) < 4.78 is 64.2. The van der Waals surface area contributed by atoms with Crippen molar-refractivity contribution in [2.24, 2.45) is 14.1 Å². The first-order chi connectivity index (χ1) is 14.5. The standard InChI is InChI=1S/C15H22N6O8S2/c1-20-10-12(6-16-20)30(24,25)18-8-14(22)28-4-3-5-29-15(23)9-19-31(26,27)13-7-17-21(2)11-13/h6-7,10-11,18-19H,3-5,8-9H2,1-2H3. The Kier molecular flexibility index (Phi) is 8.26. The van der Waals surface area contributed by atoms with Gasteiger partial charge in [0.25, 0.3) is 0 Å². The number of hydrogen-bond acceptors (Lipinski definition) is 10. The third-order valence-electron chi connectivity index (χ3n) is 3.61. The van der Waals surface area contributed by atoms with Crippen molar-refractivity contribution >= 4 is 32.0 Å². The molecule has 2 heterocycles. The van der Waals surface area contributed by atoms with Gasteiger partial charge >= 0.3 is 11.9 Å². The van der Waals surface area contributed by atoms with Crippen molar-refractivity contribution in [3.8, 4) is 0 Å². The molecule has 14 nitrogen and oxygen atoms in total. The average Bonchev–Trinajstić information content (AvgIpc) is 3.34. The zero-order valence-corrected chi connectivity index (χ0v) is 18.3. The second kappa shape index (κ2) is 10.5. The molecule has 0 aliphatic rings. The van der Waals surface area contributed by atoms with Crippen molar-refractivity contribution in [2.45, 2.75) is 16.2 Å². The summed E-state index contributed by atoms with van der Waals surface area (Å²) in [5.41, 5.74) is 0. The van der Waals surface area contributed by atoms with Gasteiger partial charge in [0, 0.05) is 32.9 Å². The molecule has 0 radical (unpaired) electrons. The Balaban J connectivity index is 1.60. The van der Waals surface area contributed by atoms with Crippen LogP contribution in [0, 0.1) is 0 Å². The minimum atomic E-state index is -3.88. The number of nitrogens with one attached hydrogen (secondary N) is 2. The first-order valence-electron chi connectivity index (χ1n) is 8.77. The lowest BCUT2D eigenvalue weighted by Crippen LogP contribution is -2.31. The summed E-state index contributed by atoms with van der Waals surface area (Å²) in [7, 11) is -4.66. The fourth-order valence-electron chi connectivity index (χ4n) is 2.08. The third-order valence-corrected chi connectivity index (χ3v) is 6.32. The first-order valence-corrected chi connectivity index (χ1v) is 11.7. The molecule has 0 aliphatic carbocycles. The molecule has 0 atom stereocenters. The van der Waals surface area contributed by atoms with Gasteiger partial charge in [-0.1, -0.05) is 0 Å². The Bertz CT molecular complexity index is 1030. The lowest BCUT2D eigenvalue weighted by molar-refractivity contribution is -0.144. The van der Waals surface area contributed by atoms with E-state index in [9.17, 15) is 26.4 Å². The van der Waals surface area contributed by atoms with E-state index in [4.69, 9.17) is 9.47 Å². The maximum Gasteiger partial charge on any atom is 0.321 e. The van der Waals surface area contributed by atoms with Crippen LogP contribution < -0.4 is 9.44 Å². The number of aromatic nitrogens is 4. The van der Waals surface area contributed by atoms with E-state index in [1.54, 1.807) is 14.1 Å². The van der Waals surface area contributed by atoms with Crippen LogP contribution in [-0.2, 0) is 53.2 Å². The first kappa shape index (κ1) is 24.4. The lowest BCUT2D eigenvalue weighted by atomic mass is 10.5. The summed E-state index contributed by atoms with van der Waals surface area (Å²) in [5, 5.41) is 7.47. The van der Waals surface area contributed by atoms with Crippen LogP contribution in [0.4, 0.5) is 0 Å². The number of aryl methyl sites for hydroxylation is 2. The second-order valence-corrected chi connectivity index (χ2v) is 9.68. The number of rotatable bonds is 12. The molecule has 0 unspecified atom stereocenters. The molecule has 172 valence electrons. The van der Waals surface area contributed by atoms with E-state index in [0.29, 0.717) is 0 Å². The Morgan fingerprint density at radius 1 is 0.839 bits per heavy atom. The van der Waals surface area contributed by atoms with Gasteiger partial charge in [0.1, 0.15) is 22.9 Å². The van der Waals surface area contributed by atoms with Crippen LogP contribution in [0.15, 0.2) is 34.6 Å². The van der Waals surface area contributed by atoms with Crippen molar-refractivity contribution in [2.75, 3.05) is 26.3 Å². The zero-order valence-electron chi connectivity index (χ0n) is 16.7. The fourth-order valence-corrected chi connectivity index (χ4v) is 3.99. The van der Waals surface area contributed by atoms with E-state index < -0.39 is 45.1 Å². The van der Waals surface area contributed by atoms with Crippen molar-refractivity contribution in [3.63, 3.8) is 0 Å². The lowest BCUT2D eigenvalue weighted by Gasteiger charge is -2.08. The molecular formula is C15H22N6O8S2. The van der Waals surface area contributed by atoms with Crippen LogP contribution in [0.1, 0.15) is 6.42 Å². The highest BCUT2D eigenvalue weighted by atomic mass is 32.2. The molecule has 31 heavy (non-hydrogen) atoms. The van der Waals surface area contributed by atoms with Crippen LogP contribution in [0.25, 0.3) is 0 Å². The average molecular weight is 479 g/mol. The largest absolute Gasteiger partial charge is 0.465 e. The summed E-state index contributed by atoms with van der Waals surface area (Å²) in [4.78, 5) is 23.0. The van der Waals surface area contributed by atoms with Gasteiger partial charge in [-0.25, -0.2) is 16.8 Å². The number of hydrogen-bond donors (Lipinski definition) is 2.